The van der Waals surface area contributed by atoms with E-state index in [-0.39, 0.29) is 17.7 Å². The maximum Gasteiger partial charge on any atom is 0.295 e. The molecule has 2 unspecified atom stereocenters. The summed E-state index contributed by atoms with van der Waals surface area (Å²) in [5.41, 5.74) is 1.51. The van der Waals surface area contributed by atoms with E-state index in [1.54, 1.807) is 17.0 Å². The third kappa shape index (κ3) is 2.88. The fourth-order valence-corrected chi connectivity index (χ4v) is 4.26. The summed E-state index contributed by atoms with van der Waals surface area (Å²) in [5, 5.41) is 0.619. The molecule has 1 aromatic carbocycles. The van der Waals surface area contributed by atoms with Crippen molar-refractivity contribution in [3.05, 3.63) is 28.8 Å². The van der Waals surface area contributed by atoms with Crippen molar-refractivity contribution in [2.24, 2.45) is 11.8 Å². The van der Waals surface area contributed by atoms with Crippen molar-refractivity contribution in [2.75, 3.05) is 4.90 Å². The first-order chi connectivity index (χ1) is 11.4. The molecule has 1 saturated carbocycles. The first-order valence-corrected chi connectivity index (χ1v) is 8.93. The second-order valence-electron chi connectivity index (χ2n) is 6.95. The molecular formula is C19H22ClNO3. The van der Waals surface area contributed by atoms with Crippen molar-refractivity contribution < 1.29 is 14.4 Å². The molecule has 0 spiro atoms. The van der Waals surface area contributed by atoms with Crippen molar-refractivity contribution in [3.8, 4) is 0 Å². The molecule has 1 amide bonds. The van der Waals surface area contributed by atoms with E-state index in [9.17, 15) is 14.4 Å². The molecular weight excluding hydrogens is 326 g/mol. The smallest absolute Gasteiger partial charge is 0.295 e. The van der Waals surface area contributed by atoms with E-state index in [1.165, 1.54) is 13.3 Å². The Hall–Kier alpha value is -1.68. The number of ketones is 2. The van der Waals surface area contributed by atoms with Gasteiger partial charge in [-0.2, -0.15) is 0 Å². The number of carbonyl (C=O) groups excluding carboxylic acids is 3. The summed E-state index contributed by atoms with van der Waals surface area (Å²) in [6.45, 7) is 3.29. The summed E-state index contributed by atoms with van der Waals surface area (Å²) in [5.74, 6) is -1.98. The van der Waals surface area contributed by atoms with Gasteiger partial charge < -0.3 is 4.90 Å². The normalized spacial score (nSPS) is 25.4. The Morgan fingerprint density at radius 3 is 2.42 bits per heavy atom. The SMILES string of the molecule is CC(=O)C1C(=O)C(=O)N(c2ccc(Cl)c(C)c2)C1C1CCCCC1. The van der Waals surface area contributed by atoms with Crippen LogP contribution in [0, 0.1) is 18.8 Å². The van der Waals surface area contributed by atoms with E-state index >= 15 is 0 Å². The van der Waals surface area contributed by atoms with Crippen molar-refractivity contribution >= 4 is 34.8 Å². The van der Waals surface area contributed by atoms with Crippen LogP contribution in [0.5, 0.6) is 0 Å². The molecule has 128 valence electrons. The number of Topliss-reactive ketones (excluding diaryl/α,β-unsaturated/α-hetero) is 2. The van der Waals surface area contributed by atoms with E-state index in [1.807, 2.05) is 13.0 Å². The molecule has 1 aliphatic carbocycles. The standard InChI is InChI=1S/C19H22ClNO3/c1-11-10-14(8-9-15(11)20)21-17(13-6-4-3-5-7-13)16(12(2)22)18(23)19(21)24/h8-10,13,16-17H,3-7H2,1-2H3. The molecule has 0 N–H and O–H groups in total. The van der Waals surface area contributed by atoms with Crippen LogP contribution in [-0.2, 0) is 14.4 Å². The molecule has 1 aliphatic heterocycles. The molecule has 2 fully saturated rings. The Labute approximate surface area is 147 Å². The van der Waals surface area contributed by atoms with Gasteiger partial charge in [-0.3, -0.25) is 14.4 Å². The molecule has 1 aromatic rings. The molecule has 1 saturated heterocycles. The number of anilines is 1. The highest BCUT2D eigenvalue weighted by molar-refractivity contribution is 6.48. The second-order valence-corrected chi connectivity index (χ2v) is 7.36. The zero-order chi connectivity index (χ0) is 17.4. The third-order valence-electron chi connectivity index (χ3n) is 5.34. The zero-order valence-corrected chi connectivity index (χ0v) is 14.8. The summed E-state index contributed by atoms with van der Waals surface area (Å²) in [6.07, 6.45) is 5.26. The molecule has 2 atom stereocenters. The maximum atomic E-state index is 12.7. The van der Waals surface area contributed by atoms with Gasteiger partial charge in [-0.25, -0.2) is 0 Å². The molecule has 24 heavy (non-hydrogen) atoms. The molecule has 0 bridgehead atoms. The van der Waals surface area contributed by atoms with Crippen LogP contribution >= 0.6 is 11.6 Å². The number of amides is 1. The Bertz CT molecular complexity index is 694. The number of benzene rings is 1. The van der Waals surface area contributed by atoms with Crippen LogP contribution in [0.15, 0.2) is 18.2 Å². The van der Waals surface area contributed by atoms with Gasteiger partial charge in [0.05, 0.1) is 6.04 Å². The largest absolute Gasteiger partial charge is 0.301 e. The van der Waals surface area contributed by atoms with E-state index in [4.69, 9.17) is 11.6 Å². The van der Waals surface area contributed by atoms with Crippen molar-refractivity contribution in [3.63, 3.8) is 0 Å². The number of rotatable bonds is 3. The minimum atomic E-state index is -0.836. The average molecular weight is 348 g/mol. The number of hydrogen-bond acceptors (Lipinski definition) is 3. The summed E-state index contributed by atoms with van der Waals surface area (Å²) in [6, 6.07) is 4.97. The number of carbonyl (C=O) groups is 3. The summed E-state index contributed by atoms with van der Waals surface area (Å²) in [4.78, 5) is 38.9. The van der Waals surface area contributed by atoms with Crippen molar-refractivity contribution in [1.29, 1.82) is 0 Å². The molecule has 0 radical (unpaired) electrons. The lowest BCUT2D eigenvalue weighted by molar-refractivity contribution is -0.138. The predicted octanol–water partition coefficient (Wildman–Crippen LogP) is 3.72. The molecule has 2 aliphatic rings. The Balaban J connectivity index is 2.05. The fraction of sp³-hybridized carbons (Fsp3) is 0.526. The zero-order valence-electron chi connectivity index (χ0n) is 14.0. The van der Waals surface area contributed by atoms with Gasteiger partial charge in [0.2, 0.25) is 5.78 Å². The average Bonchev–Trinajstić information content (AvgIpc) is 2.83. The highest BCUT2D eigenvalue weighted by atomic mass is 35.5. The quantitative estimate of drug-likeness (QED) is 0.618. The van der Waals surface area contributed by atoms with E-state index in [0.717, 1.165) is 31.2 Å². The van der Waals surface area contributed by atoms with Gasteiger partial charge in [-0.1, -0.05) is 30.9 Å². The number of nitrogens with zero attached hydrogens (tertiary/aromatic N) is 1. The third-order valence-corrected chi connectivity index (χ3v) is 5.77. The van der Waals surface area contributed by atoms with E-state index < -0.39 is 17.6 Å². The minimum Gasteiger partial charge on any atom is -0.301 e. The van der Waals surface area contributed by atoms with Crippen LogP contribution in [0.3, 0.4) is 0 Å². The van der Waals surface area contributed by atoms with Gasteiger partial charge in [0, 0.05) is 10.7 Å². The van der Waals surface area contributed by atoms with Crippen molar-refractivity contribution in [1.82, 2.24) is 0 Å². The Morgan fingerprint density at radius 1 is 1.17 bits per heavy atom. The van der Waals surface area contributed by atoms with Crippen LogP contribution < -0.4 is 4.90 Å². The van der Waals surface area contributed by atoms with Crippen LogP contribution in [-0.4, -0.2) is 23.5 Å². The number of hydrogen-bond donors (Lipinski definition) is 0. The molecule has 4 nitrogen and oxygen atoms in total. The van der Waals surface area contributed by atoms with Crippen LogP contribution in [0.2, 0.25) is 5.02 Å². The lowest BCUT2D eigenvalue weighted by Gasteiger charge is -2.35. The Morgan fingerprint density at radius 2 is 1.83 bits per heavy atom. The van der Waals surface area contributed by atoms with Crippen LogP contribution in [0.25, 0.3) is 0 Å². The first-order valence-electron chi connectivity index (χ1n) is 8.56. The molecule has 3 rings (SSSR count). The lowest BCUT2D eigenvalue weighted by Crippen LogP contribution is -2.43. The van der Waals surface area contributed by atoms with Crippen LogP contribution in [0.4, 0.5) is 5.69 Å². The maximum absolute atomic E-state index is 12.7. The monoisotopic (exact) mass is 347 g/mol. The summed E-state index contributed by atoms with van der Waals surface area (Å²) < 4.78 is 0. The molecule has 1 heterocycles. The van der Waals surface area contributed by atoms with Gasteiger partial charge in [0.1, 0.15) is 11.7 Å². The van der Waals surface area contributed by atoms with E-state index in [2.05, 4.69) is 0 Å². The summed E-state index contributed by atoms with van der Waals surface area (Å²) >= 11 is 6.09. The van der Waals surface area contributed by atoms with Gasteiger partial charge in [0.25, 0.3) is 5.91 Å². The minimum absolute atomic E-state index is 0.194. The van der Waals surface area contributed by atoms with Gasteiger partial charge in [-0.15, -0.1) is 0 Å². The first kappa shape index (κ1) is 17.2. The van der Waals surface area contributed by atoms with Crippen LogP contribution in [0.1, 0.15) is 44.6 Å². The highest BCUT2D eigenvalue weighted by Crippen LogP contribution is 2.40. The molecule has 5 heteroatoms. The van der Waals surface area contributed by atoms with E-state index in [0.29, 0.717) is 10.7 Å². The van der Waals surface area contributed by atoms with Crippen molar-refractivity contribution in [2.45, 2.75) is 52.0 Å². The molecule has 0 aromatic heterocycles. The predicted molar refractivity (Wildman–Crippen MR) is 93.2 cm³/mol. The van der Waals surface area contributed by atoms with Gasteiger partial charge in [0.15, 0.2) is 0 Å². The second kappa shape index (κ2) is 6.67. The number of halogens is 1. The number of aryl methyl sites for hydroxylation is 1. The lowest BCUT2D eigenvalue weighted by atomic mass is 9.77. The Kier molecular flexibility index (Phi) is 4.77. The summed E-state index contributed by atoms with van der Waals surface area (Å²) in [7, 11) is 0. The van der Waals surface area contributed by atoms with Gasteiger partial charge in [-0.05, 0) is 56.4 Å². The highest BCUT2D eigenvalue weighted by Gasteiger charge is 2.53. The van der Waals surface area contributed by atoms with Gasteiger partial charge >= 0.3 is 0 Å². The fourth-order valence-electron chi connectivity index (χ4n) is 4.14. The topological polar surface area (TPSA) is 54.5 Å².